The van der Waals surface area contributed by atoms with Crippen LogP contribution in [0.25, 0.3) is 0 Å². The average Bonchev–Trinajstić information content (AvgIpc) is 2.25. The second-order valence-corrected chi connectivity index (χ2v) is 3.13. The molecule has 1 atom stereocenters. The SMILES string of the molecule is CCC([O])OCCCc1ccccn1. The lowest BCUT2D eigenvalue weighted by atomic mass is 10.2. The molecule has 0 amide bonds. The predicted octanol–water partition coefficient (Wildman–Crippen LogP) is 2.20. The summed E-state index contributed by atoms with van der Waals surface area (Å²) in [5.41, 5.74) is 1.05. The maximum atomic E-state index is 10.9. The van der Waals surface area contributed by atoms with Crippen molar-refractivity contribution >= 4 is 0 Å². The van der Waals surface area contributed by atoms with Crippen molar-refractivity contribution in [3.63, 3.8) is 0 Å². The van der Waals surface area contributed by atoms with Crippen LogP contribution in [-0.4, -0.2) is 17.9 Å². The molecule has 0 saturated carbocycles. The van der Waals surface area contributed by atoms with Crippen LogP contribution < -0.4 is 0 Å². The lowest BCUT2D eigenvalue weighted by Gasteiger charge is -2.06. The van der Waals surface area contributed by atoms with E-state index in [1.54, 1.807) is 6.20 Å². The van der Waals surface area contributed by atoms with Gasteiger partial charge in [-0.25, -0.2) is 5.11 Å². The number of pyridine rings is 1. The Kier molecular flexibility index (Phi) is 5.19. The van der Waals surface area contributed by atoms with Gasteiger partial charge in [0.15, 0.2) is 6.29 Å². The molecule has 1 aromatic heterocycles. The first kappa shape index (κ1) is 11.1. The van der Waals surface area contributed by atoms with Crippen molar-refractivity contribution in [1.29, 1.82) is 0 Å². The van der Waals surface area contributed by atoms with E-state index in [1.165, 1.54) is 0 Å². The van der Waals surface area contributed by atoms with Gasteiger partial charge in [0.2, 0.25) is 0 Å². The maximum absolute atomic E-state index is 10.9. The minimum Gasteiger partial charge on any atom is -0.350 e. The Labute approximate surface area is 84.7 Å². The quantitative estimate of drug-likeness (QED) is 0.514. The number of ether oxygens (including phenoxy) is 1. The van der Waals surface area contributed by atoms with Gasteiger partial charge in [-0.3, -0.25) is 4.98 Å². The second-order valence-electron chi connectivity index (χ2n) is 3.13. The van der Waals surface area contributed by atoms with Crippen LogP contribution in [-0.2, 0) is 16.3 Å². The molecular formula is C11H16NO2. The minimum absolute atomic E-state index is 0.526. The van der Waals surface area contributed by atoms with Gasteiger partial charge in [0.25, 0.3) is 0 Å². The first-order valence-corrected chi connectivity index (χ1v) is 5.00. The Morgan fingerprint density at radius 1 is 1.50 bits per heavy atom. The van der Waals surface area contributed by atoms with Gasteiger partial charge >= 0.3 is 0 Å². The summed E-state index contributed by atoms with van der Waals surface area (Å²) >= 11 is 0. The van der Waals surface area contributed by atoms with E-state index < -0.39 is 6.29 Å². The Balaban J connectivity index is 2.10. The van der Waals surface area contributed by atoms with Gasteiger partial charge in [-0.2, -0.15) is 0 Å². The summed E-state index contributed by atoms with van der Waals surface area (Å²) in [7, 11) is 0. The monoisotopic (exact) mass is 194 g/mol. The largest absolute Gasteiger partial charge is 0.350 e. The molecule has 3 heteroatoms. The van der Waals surface area contributed by atoms with Crippen molar-refractivity contribution in [3.05, 3.63) is 30.1 Å². The van der Waals surface area contributed by atoms with Crippen LogP contribution in [0.2, 0.25) is 0 Å². The summed E-state index contributed by atoms with van der Waals surface area (Å²) in [5.74, 6) is 0. The van der Waals surface area contributed by atoms with E-state index in [0.29, 0.717) is 13.0 Å². The highest BCUT2D eigenvalue weighted by Crippen LogP contribution is 2.00. The highest BCUT2D eigenvalue weighted by Gasteiger charge is 2.01. The fraction of sp³-hybridized carbons (Fsp3) is 0.545. The zero-order chi connectivity index (χ0) is 10.2. The molecule has 1 rings (SSSR count). The molecule has 3 nitrogen and oxygen atoms in total. The highest BCUT2D eigenvalue weighted by atomic mass is 16.6. The summed E-state index contributed by atoms with van der Waals surface area (Å²) in [5, 5.41) is 10.9. The lowest BCUT2D eigenvalue weighted by molar-refractivity contribution is -0.141. The van der Waals surface area contributed by atoms with E-state index in [0.717, 1.165) is 18.5 Å². The maximum Gasteiger partial charge on any atom is 0.191 e. The number of aromatic nitrogens is 1. The minimum atomic E-state index is -0.862. The van der Waals surface area contributed by atoms with E-state index >= 15 is 0 Å². The third-order valence-corrected chi connectivity index (χ3v) is 1.94. The van der Waals surface area contributed by atoms with Gasteiger partial charge in [-0.1, -0.05) is 13.0 Å². The van der Waals surface area contributed by atoms with Crippen LogP contribution in [0.3, 0.4) is 0 Å². The van der Waals surface area contributed by atoms with Crippen LogP contribution in [0.5, 0.6) is 0 Å². The molecule has 1 unspecified atom stereocenters. The molecule has 0 aromatic carbocycles. The average molecular weight is 194 g/mol. The molecule has 14 heavy (non-hydrogen) atoms. The van der Waals surface area contributed by atoms with Crippen molar-refractivity contribution in [2.75, 3.05) is 6.61 Å². The first-order valence-electron chi connectivity index (χ1n) is 5.00. The number of nitrogens with zero attached hydrogens (tertiary/aromatic N) is 1. The molecule has 1 aromatic rings. The van der Waals surface area contributed by atoms with E-state index in [2.05, 4.69) is 4.98 Å². The third kappa shape index (κ3) is 4.35. The zero-order valence-electron chi connectivity index (χ0n) is 8.48. The van der Waals surface area contributed by atoms with Gasteiger partial charge in [-0.05, 0) is 31.4 Å². The summed E-state index contributed by atoms with van der Waals surface area (Å²) in [6.45, 7) is 2.36. The number of hydrogen-bond donors (Lipinski definition) is 0. The van der Waals surface area contributed by atoms with Crippen LogP contribution >= 0.6 is 0 Å². The fourth-order valence-corrected chi connectivity index (χ4v) is 1.13. The normalized spacial score (nSPS) is 12.7. The van der Waals surface area contributed by atoms with Crippen molar-refractivity contribution in [3.8, 4) is 0 Å². The molecule has 0 aliphatic heterocycles. The Bertz CT molecular complexity index is 238. The van der Waals surface area contributed by atoms with Crippen molar-refractivity contribution in [2.24, 2.45) is 0 Å². The molecule has 1 heterocycles. The highest BCUT2D eigenvalue weighted by molar-refractivity contribution is 5.03. The molecule has 0 N–H and O–H groups in total. The van der Waals surface area contributed by atoms with E-state index in [9.17, 15) is 5.11 Å². The third-order valence-electron chi connectivity index (χ3n) is 1.94. The van der Waals surface area contributed by atoms with Gasteiger partial charge in [0.05, 0.1) is 6.61 Å². The Morgan fingerprint density at radius 2 is 2.36 bits per heavy atom. The molecular weight excluding hydrogens is 178 g/mol. The van der Waals surface area contributed by atoms with Gasteiger partial charge in [0.1, 0.15) is 0 Å². The first-order chi connectivity index (χ1) is 6.83. The van der Waals surface area contributed by atoms with Crippen molar-refractivity contribution in [1.82, 2.24) is 4.98 Å². The van der Waals surface area contributed by atoms with E-state index in [4.69, 9.17) is 4.74 Å². The summed E-state index contributed by atoms with van der Waals surface area (Å²) in [4.78, 5) is 4.18. The van der Waals surface area contributed by atoms with Gasteiger partial charge in [0, 0.05) is 11.9 Å². The van der Waals surface area contributed by atoms with Crippen LogP contribution in [0, 0.1) is 0 Å². The molecule has 0 aliphatic rings. The Hall–Kier alpha value is -0.930. The summed E-state index contributed by atoms with van der Waals surface area (Å²) in [6.07, 6.45) is 3.17. The number of hydrogen-bond acceptors (Lipinski definition) is 2. The van der Waals surface area contributed by atoms with E-state index in [-0.39, 0.29) is 0 Å². The molecule has 0 bridgehead atoms. The fourth-order valence-electron chi connectivity index (χ4n) is 1.13. The van der Waals surface area contributed by atoms with Gasteiger partial charge < -0.3 is 4.74 Å². The van der Waals surface area contributed by atoms with Crippen LogP contribution in [0.4, 0.5) is 0 Å². The van der Waals surface area contributed by atoms with Crippen LogP contribution in [0.1, 0.15) is 25.5 Å². The number of aryl methyl sites for hydroxylation is 1. The number of rotatable bonds is 6. The topological polar surface area (TPSA) is 42.0 Å². The zero-order valence-corrected chi connectivity index (χ0v) is 8.48. The predicted molar refractivity (Wildman–Crippen MR) is 53.3 cm³/mol. The summed E-state index contributed by atoms with van der Waals surface area (Å²) in [6, 6.07) is 5.84. The van der Waals surface area contributed by atoms with Crippen molar-refractivity contribution < 1.29 is 9.84 Å². The van der Waals surface area contributed by atoms with Crippen LogP contribution in [0.15, 0.2) is 24.4 Å². The Morgan fingerprint density at radius 3 is 3.00 bits per heavy atom. The smallest absolute Gasteiger partial charge is 0.191 e. The van der Waals surface area contributed by atoms with Gasteiger partial charge in [-0.15, -0.1) is 0 Å². The van der Waals surface area contributed by atoms with E-state index in [1.807, 2.05) is 25.1 Å². The molecule has 0 saturated heterocycles. The van der Waals surface area contributed by atoms with Crippen molar-refractivity contribution in [2.45, 2.75) is 32.5 Å². The molecule has 0 spiro atoms. The standard InChI is InChI=1S/C11H16NO2/c1-2-11(13)14-9-5-7-10-6-3-4-8-12-10/h3-4,6,8,11H,2,5,7,9H2,1H3. The molecule has 77 valence electrons. The molecule has 0 fully saturated rings. The second kappa shape index (κ2) is 6.51. The molecule has 1 radical (unpaired) electrons. The lowest BCUT2D eigenvalue weighted by Crippen LogP contribution is -2.10. The molecule has 0 aliphatic carbocycles. The summed E-state index contributed by atoms with van der Waals surface area (Å²) < 4.78 is 5.03.